The molecule has 0 unspecified atom stereocenters. The average molecular weight is 286 g/mol. The topological polar surface area (TPSA) is 44.0 Å². The third kappa shape index (κ3) is 2.14. The van der Waals surface area contributed by atoms with Crippen molar-refractivity contribution in [1.29, 1.82) is 0 Å². The lowest BCUT2D eigenvalue weighted by Gasteiger charge is -2.12. The quantitative estimate of drug-likeness (QED) is 0.750. The molecule has 0 amide bonds. The van der Waals surface area contributed by atoms with E-state index in [0.717, 1.165) is 18.4 Å². The molecule has 2 aromatic heterocycles. The minimum Gasteiger partial charge on any atom is -0.269 e. The summed E-state index contributed by atoms with van der Waals surface area (Å²) >= 11 is 5.24. The van der Waals surface area contributed by atoms with Crippen LogP contribution in [0, 0.1) is 0 Å². The van der Waals surface area contributed by atoms with Crippen LogP contribution in [0.15, 0.2) is 52.3 Å². The van der Waals surface area contributed by atoms with Gasteiger partial charge in [-0.3, -0.25) is 18.7 Å². The minimum atomic E-state index is -0.248. The molecular formula is C15H14N2O2S. The monoisotopic (exact) mass is 286 g/mol. The Labute approximate surface area is 121 Å². The van der Waals surface area contributed by atoms with Crippen LogP contribution < -0.4 is 11.1 Å². The van der Waals surface area contributed by atoms with Crippen LogP contribution >= 0.6 is 12.2 Å². The number of hydrogen-bond donors (Lipinski definition) is 0. The summed E-state index contributed by atoms with van der Waals surface area (Å²) in [4.78, 5) is 23.9. The highest BCUT2D eigenvalue weighted by Crippen LogP contribution is 2.46. The number of rotatable bonds is 1. The summed E-state index contributed by atoms with van der Waals surface area (Å²) in [7, 11) is 0. The predicted molar refractivity (Wildman–Crippen MR) is 81.4 cm³/mol. The van der Waals surface area contributed by atoms with E-state index in [-0.39, 0.29) is 21.6 Å². The lowest BCUT2D eigenvalue weighted by molar-refractivity contribution is 0.778. The fourth-order valence-corrected chi connectivity index (χ4v) is 2.49. The van der Waals surface area contributed by atoms with E-state index in [4.69, 9.17) is 12.2 Å². The molecular weight excluding hydrogens is 272 g/mol. The summed E-state index contributed by atoms with van der Waals surface area (Å²) < 4.78 is 2.61. The van der Waals surface area contributed by atoms with Gasteiger partial charge >= 0.3 is 0 Å². The van der Waals surface area contributed by atoms with E-state index in [1.165, 1.54) is 15.2 Å². The lowest BCUT2D eigenvalue weighted by atomic mass is 10.00. The van der Waals surface area contributed by atoms with Gasteiger partial charge in [-0.2, -0.15) is 0 Å². The number of hydrogen-bond acceptors (Lipinski definition) is 3. The van der Waals surface area contributed by atoms with Crippen molar-refractivity contribution >= 4 is 17.3 Å². The van der Waals surface area contributed by atoms with Crippen molar-refractivity contribution < 1.29 is 0 Å². The van der Waals surface area contributed by atoms with E-state index >= 15 is 0 Å². The maximum absolute atomic E-state index is 12.2. The van der Waals surface area contributed by atoms with Crippen LogP contribution in [0.5, 0.6) is 0 Å². The molecule has 0 aromatic carbocycles. The minimum absolute atomic E-state index is 0.142. The van der Waals surface area contributed by atoms with Gasteiger partial charge in [0.1, 0.15) is 0 Å². The van der Waals surface area contributed by atoms with Crippen LogP contribution in [0.4, 0.5) is 0 Å². The van der Waals surface area contributed by atoms with Crippen molar-refractivity contribution in [2.24, 2.45) is 0 Å². The molecule has 0 aliphatic heterocycles. The second-order valence-electron chi connectivity index (χ2n) is 5.38. The Morgan fingerprint density at radius 2 is 1.80 bits per heavy atom. The zero-order chi connectivity index (χ0) is 14.3. The van der Waals surface area contributed by atoms with Gasteiger partial charge in [0.15, 0.2) is 5.11 Å². The fraction of sp³-hybridized carbons (Fsp3) is 0.267. The van der Waals surface area contributed by atoms with Crippen molar-refractivity contribution in [1.82, 2.24) is 9.13 Å². The van der Waals surface area contributed by atoms with Crippen LogP contribution in [0.1, 0.15) is 25.3 Å². The first-order valence-corrected chi connectivity index (χ1v) is 6.88. The average Bonchev–Trinajstić information content (AvgIpc) is 3.18. The number of nitrogens with zero attached hydrogens (tertiary/aromatic N) is 2. The third-order valence-corrected chi connectivity index (χ3v) is 4.24. The normalized spacial score (nSPS) is 15.8. The highest BCUT2D eigenvalue weighted by molar-refractivity contribution is 7.80. The van der Waals surface area contributed by atoms with Gasteiger partial charge in [-0.25, -0.2) is 0 Å². The Hall–Kier alpha value is -2.01. The Morgan fingerprint density at radius 1 is 1.10 bits per heavy atom. The zero-order valence-electron chi connectivity index (χ0n) is 11.1. The van der Waals surface area contributed by atoms with Gasteiger partial charge in [-0.05, 0) is 48.2 Å². The molecule has 0 saturated heterocycles. The van der Waals surface area contributed by atoms with E-state index in [1.54, 1.807) is 30.6 Å². The first kappa shape index (κ1) is 13.0. The van der Waals surface area contributed by atoms with Crippen LogP contribution in [0.3, 0.4) is 0 Å². The van der Waals surface area contributed by atoms with E-state index < -0.39 is 0 Å². The first-order valence-electron chi connectivity index (χ1n) is 6.47. The summed E-state index contributed by atoms with van der Waals surface area (Å²) in [5.74, 6) is 0. The molecule has 1 aliphatic carbocycles. The smallest absolute Gasteiger partial charge is 0.257 e. The molecule has 1 fully saturated rings. The molecule has 102 valence electrons. The van der Waals surface area contributed by atoms with Crippen molar-refractivity contribution in [3.8, 4) is 0 Å². The maximum Gasteiger partial charge on any atom is 0.257 e. The molecule has 1 saturated carbocycles. The second-order valence-corrected chi connectivity index (χ2v) is 5.74. The summed E-state index contributed by atoms with van der Waals surface area (Å²) in [6, 6.07) is 8.29. The van der Waals surface area contributed by atoms with E-state index in [9.17, 15) is 9.59 Å². The van der Waals surface area contributed by atoms with Gasteiger partial charge in [0.05, 0.1) is 0 Å². The van der Waals surface area contributed by atoms with Gasteiger partial charge in [0.2, 0.25) is 0 Å². The molecule has 2 aromatic rings. The summed E-state index contributed by atoms with van der Waals surface area (Å²) in [6.07, 6.45) is 5.44. The van der Waals surface area contributed by atoms with Crippen LogP contribution in [-0.2, 0) is 5.41 Å². The van der Waals surface area contributed by atoms with Crippen LogP contribution in [0.2, 0.25) is 0 Å². The maximum atomic E-state index is 12.2. The Kier molecular flexibility index (Phi) is 2.94. The van der Waals surface area contributed by atoms with Crippen LogP contribution in [-0.4, -0.2) is 14.2 Å². The van der Waals surface area contributed by atoms with E-state index in [0.29, 0.717) is 0 Å². The van der Waals surface area contributed by atoms with E-state index in [1.807, 2.05) is 6.07 Å². The predicted octanol–water partition coefficient (Wildman–Crippen LogP) is 1.74. The van der Waals surface area contributed by atoms with Crippen molar-refractivity contribution in [3.05, 3.63) is 69.0 Å². The van der Waals surface area contributed by atoms with Crippen molar-refractivity contribution in [3.63, 3.8) is 0 Å². The van der Waals surface area contributed by atoms with Gasteiger partial charge in [0.25, 0.3) is 11.1 Å². The molecule has 4 nitrogen and oxygen atoms in total. The number of aromatic nitrogens is 2. The Balaban J connectivity index is 2.03. The molecule has 2 heterocycles. The van der Waals surface area contributed by atoms with Crippen LogP contribution in [0.25, 0.3) is 0 Å². The molecule has 1 aliphatic rings. The number of thiocarbonyl (C=S) groups is 1. The molecule has 0 bridgehead atoms. The van der Waals surface area contributed by atoms with Crippen molar-refractivity contribution in [2.75, 3.05) is 0 Å². The largest absolute Gasteiger partial charge is 0.269 e. The molecule has 20 heavy (non-hydrogen) atoms. The standard InChI is InChI=1S/C15H14N2O2S/c1-15(6-7-15)11-5-9-17(13(19)10-11)14(20)16-8-3-2-4-12(16)18/h2-5,8-10H,6-7H2,1H3. The highest BCUT2D eigenvalue weighted by Gasteiger charge is 2.39. The molecule has 0 N–H and O–H groups in total. The van der Waals surface area contributed by atoms with Gasteiger partial charge < -0.3 is 0 Å². The second kappa shape index (κ2) is 4.52. The summed E-state index contributed by atoms with van der Waals surface area (Å²) in [6.45, 7) is 2.14. The summed E-state index contributed by atoms with van der Waals surface area (Å²) in [5.41, 5.74) is 0.740. The lowest BCUT2D eigenvalue weighted by Crippen LogP contribution is -2.35. The van der Waals surface area contributed by atoms with E-state index in [2.05, 4.69) is 6.92 Å². The molecule has 0 atom stereocenters. The van der Waals surface area contributed by atoms with Gasteiger partial charge in [0, 0.05) is 24.5 Å². The SMILES string of the molecule is CC1(c2ccn(C(=S)n3ccccc3=O)c(=O)c2)CC1. The van der Waals surface area contributed by atoms with Gasteiger partial charge in [-0.1, -0.05) is 13.0 Å². The third-order valence-electron chi connectivity index (χ3n) is 3.85. The first-order chi connectivity index (χ1) is 9.51. The van der Waals surface area contributed by atoms with Gasteiger partial charge in [-0.15, -0.1) is 0 Å². The number of pyridine rings is 2. The zero-order valence-corrected chi connectivity index (χ0v) is 11.9. The van der Waals surface area contributed by atoms with Crippen molar-refractivity contribution in [2.45, 2.75) is 25.2 Å². The molecule has 3 rings (SSSR count). The Morgan fingerprint density at radius 3 is 2.40 bits per heavy atom. The highest BCUT2D eigenvalue weighted by atomic mass is 32.1. The molecule has 0 spiro atoms. The fourth-order valence-electron chi connectivity index (χ4n) is 2.19. The Bertz CT molecular complexity index is 800. The molecule has 5 heteroatoms. The molecule has 0 radical (unpaired) electrons. The summed E-state index contributed by atoms with van der Waals surface area (Å²) in [5, 5.41) is 0.174.